The first-order valence-corrected chi connectivity index (χ1v) is 11.3. The van der Waals surface area contributed by atoms with E-state index < -0.39 is 6.04 Å². The molecule has 0 unspecified atom stereocenters. The Morgan fingerprint density at radius 2 is 1.76 bits per heavy atom. The van der Waals surface area contributed by atoms with Crippen LogP contribution in [-0.2, 0) is 13.5 Å². The SMILES string of the molecule is Cc1ccc(CCN[C@@H](C(=O)c2nnn3cc(-c4cnn(C)c4)ccc23)c2ccccc2)cc1. The van der Waals surface area contributed by atoms with Gasteiger partial charge in [0.1, 0.15) is 0 Å². The van der Waals surface area contributed by atoms with Gasteiger partial charge in [-0.1, -0.05) is 71.4 Å². The van der Waals surface area contributed by atoms with Gasteiger partial charge in [-0.3, -0.25) is 9.48 Å². The summed E-state index contributed by atoms with van der Waals surface area (Å²) in [6.07, 6.45) is 6.44. The summed E-state index contributed by atoms with van der Waals surface area (Å²) < 4.78 is 3.41. The Morgan fingerprint density at radius 1 is 0.971 bits per heavy atom. The van der Waals surface area contributed by atoms with Crippen LogP contribution in [0.15, 0.2) is 85.3 Å². The standard InChI is InChI=1S/C27H26N6O/c1-19-8-10-20(11-9-19)14-15-28-25(21-6-4-3-5-7-21)27(34)26-24-13-12-22(18-33(24)31-30-26)23-16-29-32(2)17-23/h3-13,16-18,25,28H,14-15H2,1-2H3/t25-/m1/s1. The Morgan fingerprint density at radius 3 is 2.50 bits per heavy atom. The van der Waals surface area contributed by atoms with Crippen molar-refractivity contribution >= 4 is 11.3 Å². The second-order valence-electron chi connectivity index (χ2n) is 8.49. The number of benzene rings is 2. The van der Waals surface area contributed by atoms with Gasteiger partial charge in [-0.05, 0) is 30.5 Å². The molecule has 0 radical (unpaired) electrons. The quantitative estimate of drug-likeness (QED) is 0.359. The number of aromatic nitrogens is 5. The van der Waals surface area contributed by atoms with E-state index in [2.05, 4.69) is 51.9 Å². The van der Waals surface area contributed by atoms with Gasteiger partial charge in [0.15, 0.2) is 5.69 Å². The van der Waals surface area contributed by atoms with Crippen molar-refractivity contribution in [1.29, 1.82) is 0 Å². The number of hydrogen-bond acceptors (Lipinski definition) is 5. The predicted molar refractivity (Wildman–Crippen MR) is 132 cm³/mol. The van der Waals surface area contributed by atoms with Crippen molar-refractivity contribution in [2.75, 3.05) is 6.54 Å². The van der Waals surface area contributed by atoms with Gasteiger partial charge >= 0.3 is 0 Å². The summed E-state index contributed by atoms with van der Waals surface area (Å²) in [7, 11) is 1.88. The molecule has 7 heteroatoms. The van der Waals surface area contributed by atoms with Crippen LogP contribution in [0.1, 0.15) is 33.2 Å². The van der Waals surface area contributed by atoms with Crippen molar-refractivity contribution in [3.63, 3.8) is 0 Å². The molecule has 0 saturated heterocycles. The molecule has 7 nitrogen and oxygen atoms in total. The number of nitrogens with zero attached hydrogens (tertiary/aromatic N) is 5. The van der Waals surface area contributed by atoms with E-state index in [0.29, 0.717) is 17.8 Å². The summed E-state index contributed by atoms with van der Waals surface area (Å²) in [5.41, 5.74) is 6.35. The largest absolute Gasteiger partial charge is 0.303 e. The molecule has 170 valence electrons. The molecule has 0 amide bonds. The lowest BCUT2D eigenvalue weighted by atomic mass is 9.99. The maximum Gasteiger partial charge on any atom is 0.206 e. The Bertz CT molecular complexity index is 1420. The van der Waals surface area contributed by atoms with Crippen LogP contribution in [0.3, 0.4) is 0 Å². The van der Waals surface area contributed by atoms with Crippen LogP contribution in [0.4, 0.5) is 0 Å². The van der Waals surface area contributed by atoms with Crippen molar-refractivity contribution in [3.8, 4) is 11.1 Å². The van der Waals surface area contributed by atoms with Crippen LogP contribution in [0, 0.1) is 6.92 Å². The Hall–Kier alpha value is -4.10. The van der Waals surface area contributed by atoms with Crippen LogP contribution in [-0.4, -0.2) is 36.9 Å². The van der Waals surface area contributed by atoms with Gasteiger partial charge in [0.05, 0.1) is 17.8 Å². The smallest absolute Gasteiger partial charge is 0.206 e. The van der Waals surface area contributed by atoms with E-state index in [1.807, 2.05) is 61.9 Å². The molecule has 0 bridgehead atoms. The number of carbonyl (C=O) groups is 1. The van der Waals surface area contributed by atoms with Crippen LogP contribution >= 0.6 is 0 Å². The summed E-state index contributed by atoms with van der Waals surface area (Å²) in [5, 5.41) is 16.2. The number of fused-ring (bicyclic) bond motifs is 1. The van der Waals surface area contributed by atoms with Gasteiger partial charge in [0, 0.05) is 37.1 Å². The maximum atomic E-state index is 13.7. The first-order valence-electron chi connectivity index (χ1n) is 11.3. The van der Waals surface area contributed by atoms with Gasteiger partial charge in [-0.15, -0.1) is 5.10 Å². The Balaban J connectivity index is 1.40. The molecule has 0 saturated carbocycles. The second kappa shape index (κ2) is 9.41. The Labute approximate surface area is 198 Å². The molecule has 0 spiro atoms. The molecule has 3 aromatic heterocycles. The highest BCUT2D eigenvalue weighted by molar-refractivity contribution is 6.04. The highest BCUT2D eigenvalue weighted by Crippen LogP contribution is 2.23. The molecule has 34 heavy (non-hydrogen) atoms. The van der Waals surface area contributed by atoms with E-state index in [9.17, 15) is 4.79 Å². The van der Waals surface area contributed by atoms with E-state index >= 15 is 0 Å². The first-order chi connectivity index (χ1) is 16.6. The number of ketones is 1. The molecule has 1 atom stereocenters. The third kappa shape index (κ3) is 4.51. The molecule has 0 aliphatic rings. The lowest BCUT2D eigenvalue weighted by Gasteiger charge is -2.17. The number of hydrogen-bond donors (Lipinski definition) is 1. The van der Waals surface area contributed by atoms with Crippen molar-refractivity contribution in [3.05, 3.63) is 108 Å². The molecule has 0 aliphatic carbocycles. The monoisotopic (exact) mass is 450 g/mol. The Kier molecular flexibility index (Phi) is 6.01. The van der Waals surface area contributed by atoms with E-state index in [1.54, 1.807) is 15.4 Å². The fraction of sp³-hybridized carbons (Fsp3) is 0.185. The van der Waals surface area contributed by atoms with Gasteiger partial charge in [0.25, 0.3) is 0 Å². The van der Waals surface area contributed by atoms with Crippen LogP contribution in [0.25, 0.3) is 16.6 Å². The van der Waals surface area contributed by atoms with Crippen molar-refractivity contribution < 1.29 is 4.79 Å². The van der Waals surface area contributed by atoms with Gasteiger partial charge < -0.3 is 5.32 Å². The maximum absolute atomic E-state index is 13.7. The second-order valence-corrected chi connectivity index (χ2v) is 8.49. The number of nitrogens with one attached hydrogen (secondary N) is 1. The third-order valence-corrected chi connectivity index (χ3v) is 5.96. The number of pyridine rings is 1. The highest BCUT2D eigenvalue weighted by atomic mass is 16.1. The zero-order valence-corrected chi connectivity index (χ0v) is 19.2. The number of aryl methyl sites for hydroxylation is 2. The van der Waals surface area contributed by atoms with E-state index in [1.165, 1.54) is 11.1 Å². The van der Waals surface area contributed by atoms with Crippen molar-refractivity contribution in [1.82, 2.24) is 29.9 Å². The predicted octanol–water partition coefficient (Wildman–Crippen LogP) is 4.19. The first kappa shape index (κ1) is 21.7. The molecule has 0 aliphatic heterocycles. The summed E-state index contributed by atoms with van der Waals surface area (Å²) in [5.74, 6) is -0.0979. The molecule has 2 aromatic carbocycles. The van der Waals surface area contributed by atoms with Gasteiger partial charge in [-0.25, -0.2) is 4.52 Å². The van der Waals surface area contributed by atoms with E-state index in [4.69, 9.17) is 0 Å². The number of rotatable bonds is 8. The average Bonchev–Trinajstić information content (AvgIpc) is 3.49. The van der Waals surface area contributed by atoms with E-state index in [-0.39, 0.29) is 5.78 Å². The molecule has 1 N–H and O–H groups in total. The topological polar surface area (TPSA) is 77.1 Å². The highest BCUT2D eigenvalue weighted by Gasteiger charge is 2.26. The van der Waals surface area contributed by atoms with Gasteiger partial charge in [0.2, 0.25) is 5.78 Å². The molecule has 5 rings (SSSR count). The van der Waals surface area contributed by atoms with Crippen LogP contribution in [0.5, 0.6) is 0 Å². The minimum atomic E-state index is -0.509. The molecule has 5 aromatic rings. The van der Waals surface area contributed by atoms with Gasteiger partial charge in [-0.2, -0.15) is 5.10 Å². The lowest BCUT2D eigenvalue weighted by molar-refractivity contribution is 0.0939. The summed E-state index contributed by atoms with van der Waals surface area (Å²) in [6, 6.07) is 21.6. The normalized spacial score (nSPS) is 12.2. The summed E-state index contributed by atoms with van der Waals surface area (Å²) >= 11 is 0. The molecule has 3 heterocycles. The fourth-order valence-electron chi connectivity index (χ4n) is 4.07. The molecule has 0 fully saturated rings. The minimum Gasteiger partial charge on any atom is -0.303 e. The fourth-order valence-corrected chi connectivity index (χ4v) is 4.07. The average molecular weight is 451 g/mol. The third-order valence-electron chi connectivity index (χ3n) is 5.96. The zero-order valence-electron chi connectivity index (χ0n) is 19.2. The summed E-state index contributed by atoms with van der Waals surface area (Å²) in [6.45, 7) is 2.74. The minimum absolute atomic E-state index is 0.0979. The lowest BCUT2D eigenvalue weighted by Crippen LogP contribution is -2.30. The zero-order chi connectivity index (χ0) is 23.5. The molecular formula is C27H26N6O. The summed E-state index contributed by atoms with van der Waals surface area (Å²) in [4.78, 5) is 13.7. The molecular weight excluding hydrogens is 424 g/mol. The van der Waals surface area contributed by atoms with E-state index in [0.717, 1.165) is 23.1 Å². The van der Waals surface area contributed by atoms with Crippen molar-refractivity contribution in [2.24, 2.45) is 7.05 Å². The van der Waals surface area contributed by atoms with Crippen LogP contribution in [0.2, 0.25) is 0 Å². The number of carbonyl (C=O) groups excluding carboxylic acids is 1. The van der Waals surface area contributed by atoms with Crippen molar-refractivity contribution in [2.45, 2.75) is 19.4 Å². The van der Waals surface area contributed by atoms with Crippen LogP contribution < -0.4 is 5.32 Å². The number of Topliss-reactive ketones (excluding diaryl/α,β-unsaturated/α-hetero) is 1.